The maximum atomic E-state index is 11.7. The van der Waals surface area contributed by atoms with Gasteiger partial charge in [-0.1, -0.05) is 13.3 Å². The molecule has 0 aromatic heterocycles. The van der Waals surface area contributed by atoms with Crippen molar-refractivity contribution in [3.63, 3.8) is 0 Å². The highest BCUT2D eigenvalue weighted by atomic mass is 32.2. The van der Waals surface area contributed by atoms with Crippen LogP contribution in [-0.4, -0.2) is 45.7 Å². The van der Waals surface area contributed by atoms with E-state index in [2.05, 4.69) is 12.2 Å². The Morgan fingerprint density at radius 2 is 1.94 bits per heavy atom. The van der Waals surface area contributed by atoms with E-state index < -0.39 is 9.84 Å². The van der Waals surface area contributed by atoms with Gasteiger partial charge in [-0.05, 0) is 31.1 Å². The van der Waals surface area contributed by atoms with E-state index >= 15 is 0 Å². The molecular weight excluding hydrogens is 250 g/mol. The zero-order valence-electron chi connectivity index (χ0n) is 11.4. The molecule has 1 heterocycles. The van der Waals surface area contributed by atoms with Crippen molar-refractivity contribution in [2.45, 2.75) is 50.3 Å². The van der Waals surface area contributed by atoms with Crippen LogP contribution in [-0.2, 0) is 14.6 Å². The van der Waals surface area contributed by atoms with Crippen LogP contribution in [0.25, 0.3) is 0 Å². The lowest BCUT2D eigenvalue weighted by Gasteiger charge is -2.35. The summed E-state index contributed by atoms with van der Waals surface area (Å²) in [4.78, 5) is 0. The first-order valence-electron chi connectivity index (χ1n) is 6.91. The second-order valence-corrected chi connectivity index (χ2v) is 8.47. The maximum absolute atomic E-state index is 11.7. The lowest BCUT2D eigenvalue weighted by atomic mass is 9.82. The SMILES string of the molecule is CC1(CNC2CCCC2S(C)(=O)=O)CCOCC1. The molecule has 2 atom stereocenters. The van der Waals surface area contributed by atoms with Crippen LogP contribution in [0.2, 0.25) is 0 Å². The van der Waals surface area contributed by atoms with Crippen LogP contribution in [0, 0.1) is 5.41 Å². The third-order valence-corrected chi connectivity index (χ3v) is 6.16. The van der Waals surface area contributed by atoms with Gasteiger partial charge in [0.05, 0.1) is 5.25 Å². The zero-order chi connectivity index (χ0) is 13.2. The van der Waals surface area contributed by atoms with Crippen molar-refractivity contribution >= 4 is 9.84 Å². The van der Waals surface area contributed by atoms with Gasteiger partial charge < -0.3 is 10.1 Å². The highest BCUT2D eigenvalue weighted by molar-refractivity contribution is 7.91. The molecule has 2 fully saturated rings. The topological polar surface area (TPSA) is 55.4 Å². The summed E-state index contributed by atoms with van der Waals surface area (Å²) in [5.74, 6) is 0. The smallest absolute Gasteiger partial charge is 0.151 e. The number of ether oxygens (including phenoxy) is 1. The van der Waals surface area contributed by atoms with Crippen molar-refractivity contribution in [3.8, 4) is 0 Å². The van der Waals surface area contributed by atoms with E-state index in [1.807, 2.05) is 0 Å². The van der Waals surface area contributed by atoms with Crippen molar-refractivity contribution in [2.24, 2.45) is 5.41 Å². The molecule has 0 amide bonds. The number of sulfone groups is 1. The molecule has 4 nitrogen and oxygen atoms in total. The largest absolute Gasteiger partial charge is 0.381 e. The third-order valence-electron chi connectivity index (χ3n) is 4.49. The fourth-order valence-corrected chi connectivity index (χ4v) is 4.51. The molecule has 1 aliphatic heterocycles. The Morgan fingerprint density at radius 1 is 1.28 bits per heavy atom. The standard InChI is InChI=1S/C13H25NO3S/c1-13(6-8-17-9-7-13)10-14-11-4-3-5-12(11)18(2,15)16/h11-12,14H,3-10H2,1-2H3. The molecule has 1 N–H and O–H groups in total. The number of hydrogen-bond donors (Lipinski definition) is 1. The Balaban J connectivity index is 1.89. The lowest BCUT2D eigenvalue weighted by molar-refractivity contribution is 0.0230. The number of hydrogen-bond acceptors (Lipinski definition) is 4. The molecule has 1 aliphatic carbocycles. The molecule has 2 aliphatic rings. The first-order chi connectivity index (χ1) is 8.41. The highest BCUT2D eigenvalue weighted by Gasteiger charge is 2.36. The monoisotopic (exact) mass is 275 g/mol. The van der Waals surface area contributed by atoms with Gasteiger partial charge in [-0.15, -0.1) is 0 Å². The maximum Gasteiger partial charge on any atom is 0.151 e. The Morgan fingerprint density at radius 3 is 2.56 bits per heavy atom. The molecule has 0 aromatic rings. The fourth-order valence-electron chi connectivity index (χ4n) is 3.09. The van der Waals surface area contributed by atoms with Gasteiger partial charge in [0.2, 0.25) is 0 Å². The molecule has 0 spiro atoms. The highest BCUT2D eigenvalue weighted by Crippen LogP contribution is 2.31. The summed E-state index contributed by atoms with van der Waals surface area (Å²) < 4.78 is 28.8. The van der Waals surface area contributed by atoms with Crippen molar-refractivity contribution < 1.29 is 13.2 Å². The van der Waals surface area contributed by atoms with E-state index in [9.17, 15) is 8.42 Å². The minimum atomic E-state index is -2.91. The van der Waals surface area contributed by atoms with Crippen LogP contribution < -0.4 is 5.32 Å². The van der Waals surface area contributed by atoms with Crippen LogP contribution in [0.5, 0.6) is 0 Å². The normalized spacial score (nSPS) is 32.6. The Kier molecular flexibility index (Phi) is 4.34. The van der Waals surface area contributed by atoms with Crippen LogP contribution in [0.4, 0.5) is 0 Å². The predicted molar refractivity (Wildman–Crippen MR) is 72.4 cm³/mol. The van der Waals surface area contributed by atoms with E-state index in [0.717, 1.165) is 51.9 Å². The van der Waals surface area contributed by atoms with Gasteiger partial charge in [0.25, 0.3) is 0 Å². The van der Waals surface area contributed by atoms with Gasteiger partial charge in [0.1, 0.15) is 0 Å². The van der Waals surface area contributed by atoms with Crippen molar-refractivity contribution in [3.05, 3.63) is 0 Å². The van der Waals surface area contributed by atoms with Gasteiger partial charge in [-0.3, -0.25) is 0 Å². The molecule has 106 valence electrons. The summed E-state index contributed by atoms with van der Waals surface area (Å²) in [7, 11) is -2.91. The quantitative estimate of drug-likeness (QED) is 0.841. The molecule has 0 radical (unpaired) electrons. The second kappa shape index (κ2) is 5.47. The van der Waals surface area contributed by atoms with E-state index in [1.54, 1.807) is 0 Å². The molecule has 1 saturated heterocycles. The van der Waals surface area contributed by atoms with E-state index in [-0.39, 0.29) is 16.7 Å². The first kappa shape index (κ1) is 14.3. The Hall–Kier alpha value is -0.130. The molecule has 0 bridgehead atoms. The van der Waals surface area contributed by atoms with Gasteiger partial charge in [0, 0.05) is 32.1 Å². The second-order valence-electron chi connectivity index (χ2n) is 6.21. The summed E-state index contributed by atoms with van der Waals surface area (Å²) >= 11 is 0. The van der Waals surface area contributed by atoms with E-state index in [1.165, 1.54) is 6.26 Å². The minimum absolute atomic E-state index is 0.152. The van der Waals surface area contributed by atoms with Gasteiger partial charge in [-0.2, -0.15) is 0 Å². The predicted octanol–water partition coefficient (Wildman–Crippen LogP) is 1.36. The molecule has 2 rings (SSSR count). The molecule has 18 heavy (non-hydrogen) atoms. The summed E-state index contributed by atoms with van der Waals surface area (Å²) in [5, 5.41) is 3.33. The third kappa shape index (κ3) is 3.45. The van der Waals surface area contributed by atoms with Gasteiger partial charge >= 0.3 is 0 Å². The zero-order valence-corrected chi connectivity index (χ0v) is 12.3. The molecule has 2 unspecified atom stereocenters. The fraction of sp³-hybridized carbons (Fsp3) is 1.00. The van der Waals surface area contributed by atoms with Gasteiger partial charge in [-0.25, -0.2) is 8.42 Å². The van der Waals surface area contributed by atoms with Crippen molar-refractivity contribution in [2.75, 3.05) is 26.0 Å². The number of nitrogens with one attached hydrogen (secondary N) is 1. The van der Waals surface area contributed by atoms with Crippen LogP contribution >= 0.6 is 0 Å². The van der Waals surface area contributed by atoms with Gasteiger partial charge in [0.15, 0.2) is 9.84 Å². The average molecular weight is 275 g/mol. The van der Waals surface area contributed by atoms with Crippen LogP contribution in [0.15, 0.2) is 0 Å². The van der Waals surface area contributed by atoms with Crippen molar-refractivity contribution in [1.82, 2.24) is 5.32 Å². The summed E-state index contributed by atoms with van der Waals surface area (Å²) in [6.45, 7) is 4.84. The summed E-state index contributed by atoms with van der Waals surface area (Å²) in [6.07, 6.45) is 6.33. The summed E-state index contributed by atoms with van der Waals surface area (Å²) in [5.41, 5.74) is 0.267. The molecule has 1 saturated carbocycles. The van der Waals surface area contributed by atoms with E-state index in [0.29, 0.717) is 0 Å². The van der Waals surface area contributed by atoms with Crippen LogP contribution in [0.1, 0.15) is 39.0 Å². The Labute approximate surface area is 110 Å². The Bertz CT molecular complexity index is 374. The summed E-state index contributed by atoms with van der Waals surface area (Å²) in [6, 6.07) is 0.152. The molecule has 0 aromatic carbocycles. The van der Waals surface area contributed by atoms with Crippen LogP contribution in [0.3, 0.4) is 0 Å². The molecule has 5 heteroatoms. The number of rotatable bonds is 4. The van der Waals surface area contributed by atoms with E-state index in [4.69, 9.17) is 4.74 Å². The molecular formula is C13H25NO3S. The average Bonchev–Trinajstić information content (AvgIpc) is 2.75. The lowest BCUT2D eigenvalue weighted by Crippen LogP contribution is -2.46. The van der Waals surface area contributed by atoms with Crippen molar-refractivity contribution in [1.29, 1.82) is 0 Å². The minimum Gasteiger partial charge on any atom is -0.381 e. The first-order valence-corrected chi connectivity index (χ1v) is 8.86.